The molecule has 0 spiro atoms. The van der Waals surface area contributed by atoms with Gasteiger partial charge in [-0.25, -0.2) is 12.7 Å². The van der Waals surface area contributed by atoms with E-state index < -0.39 is 10.0 Å². The number of hydrogen-bond acceptors (Lipinski definition) is 3. The van der Waals surface area contributed by atoms with Crippen LogP contribution in [0.5, 0.6) is 0 Å². The molecule has 0 aromatic heterocycles. The Morgan fingerprint density at radius 1 is 1.00 bits per heavy atom. The first-order chi connectivity index (χ1) is 8.18. The molecule has 1 N–H and O–H groups in total. The molecule has 2 heterocycles. The van der Waals surface area contributed by atoms with Crippen molar-refractivity contribution in [1.29, 1.82) is 0 Å². The first kappa shape index (κ1) is 13.3. The number of piperidine rings is 1. The van der Waals surface area contributed by atoms with Crippen LogP contribution in [-0.4, -0.2) is 44.7 Å². The number of nitrogens with zero attached hydrogens (tertiary/aromatic N) is 1. The lowest BCUT2D eigenvalue weighted by Crippen LogP contribution is -2.38. The molecule has 5 heteroatoms. The van der Waals surface area contributed by atoms with E-state index in [0.29, 0.717) is 11.7 Å². The summed E-state index contributed by atoms with van der Waals surface area (Å²) in [6.45, 7) is 3.43. The van der Waals surface area contributed by atoms with E-state index in [9.17, 15) is 8.42 Å². The van der Waals surface area contributed by atoms with Crippen LogP contribution in [-0.2, 0) is 10.0 Å². The molecule has 0 radical (unpaired) electrons. The Morgan fingerprint density at radius 3 is 2.18 bits per heavy atom. The van der Waals surface area contributed by atoms with Gasteiger partial charge in [-0.15, -0.1) is 0 Å². The molecule has 100 valence electrons. The predicted molar refractivity (Wildman–Crippen MR) is 69.4 cm³/mol. The summed E-state index contributed by atoms with van der Waals surface area (Å²) in [6.07, 6.45) is 6.44. The first-order valence-electron chi connectivity index (χ1n) is 6.87. The van der Waals surface area contributed by atoms with Crippen LogP contribution >= 0.6 is 0 Å². The van der Waals surface area contributed by atoms with Gasteiger partial charge in [0.15, 0.2) is 0 Å². The Morgan fingerprint density at radius 2 is 1.59 bits per heavy atom. The normalized spacial score (nSPS) is 25.6. The van der Waals surface area contributed by atoms with Gasteiger partial charge in [0.25, 0.3) is 0 Å². The van der Waals surface area contributed by atoms with Crippen molar-refractivity contribution in [2.45, 2.75) is 38.5 Å². The highest BCUT2D eigenvalue weighted by atomic mass is 32.2. The van der Waals surface area contributed by atoms with Crippen LogP contribution in [0.25, 0.3) is 0 Å². The molecule has 0 saturated carbocycles. The van der Waals surface area contributed by atoms with E-state index in [-0.39, 0.29) is 0 Å². The van der Waals surface area contributed by atoms with E-state index in [1.807, 2.05) is 0 Å². The average Bonchev–Trinajstić information content (AvgIpc) is 2.58. The number of rotatable bonds is 3. The maximum Gasteiger partial charge on any atom is 0.214 e. The molecule has 0 unspecified atom stereocenters. The van der Waals surface area contributed by atoms with Crippen LogP contribution in [0.2, 0.25) is 0 Å². The summed E-state index contributed by atoms with van der Waals surface area (Å²) in [5.41, 5.74) is 0. The van der Waals surface area contributed by atoms with Crippen LogP contribution in [0.1, 0.15) is 38.5 Å². The second-order valence-corrected chi connectivity index (χ2v) is 7.30. The quantitative estimate of drug-likeness (QED) is 0.829. The van der Waals surface area contributed by atoms with E-state index in [1.54, 1.807) is 4.31 Å². The van der Waals surface area contributed by atoms with Crippen LogP contribution in [0.4, 0.5) is 0 Å². The zero-order valence-corrected chi connectivity index (χ0v) is 11.3. The molecule has 4 nitrogen and oxygen atoms in total. The Labute approximate surface area is 105 Å². The molecule has 0 aromatic rings. The molecule has 0 aromatic carbocycles. The standard InChI is InChI=1S/C12H24N2O2S/c15-17(16,11-12-5-7-13-8-6-12)14-9-3-1-2-4-10-14/h12-13H,1-11H2. The van der Waals surface area contributed by atoms with Crippen molar-refractivity contribution < 1.29 is 8.42 Å². The van der Waals surface area contributed by atoms with Gasteiger partial charge < -0.3 is 5.32 Å². The summed E-state index contributed by atoms with van der Waals surface area (Å²) in [6, 6.07) is 0. The lowest BCUT2D eigenvalue weighted by Gasteiger charge is -2.26. The predicted octanol–water partition coefficient (Wildman–Crippen LogP) is 1.19. The number of sulfonamides is 1. The highest BCUT2D eigenvalue weighted by Gasteiger charge is 2.27. The Kier molecular flexibility index (Phi) is 4.82. The minimum absolute atomic E-state index is 0.365. The fraction of sp³-hybridized carbons (Fsp3) is 1.00. The maximum atomic E-state index is 12.3. The van der Waals surface area contributed by atoms with Crippen molar-refractivity contribution in [2.75, 3.05) is 31.9 Å². The van der Waals surface area contributed by atoms with Crippen molar-refractivity contribution in [3.63, 3.8) is 0 Å². The van der Waals surface area contributed by atoms with Crippen molar-refractivity contribution in [1.82, 2.24) is 9.62 Å². The van der Waals surface area contributed by atoms with Gasteiger partial charge in [0.2, 0.25) is 10.0 Å². The molecule has 0 bridgehead atoms. The van der Waals surface area contributed by atoms with E-state index in [2.05, 4.69) is 5.32 Å². The maximum absolute atomic E-state index is 12.3. The summed E-state index contributed by atoms with van der Waals surface area (Å²) < 4.78 is 26.4. The minimum atomic E-state index is -3.00. The van der Waals surface area contributed by atoms with Crippen molar-refractivity contribution in [3.8, 4) is 0 Å². The zero-order chi connectivity index (χ0) is 12.1. The van der Waals surface area contributed by atoms with Gasteiger partial charge in [-0.05, 0) is 44.7 Å². The molecule has 2 aliphatic heterocycles. The fourth-order valence-electron chi connectivity index (χ4n) is 2.77. The lowest BCUT2D eigenvalue weighted by atomic mass is 10.0. The summed E-state index contributed by atoms with van der Waals surface area (Å²) in [4.78, 5) is 0. The molecule has 0 aliphatic carbocycles. The van der Waals surface area contributed by atoms with Crippen LogP contribution in [0.3, 0.4) is 0 Å². The van der Waals surface area contributed by atoms with Gasteiger partial charge in [-0.2, -0.15) is 0 Å². The Bertz CT molecular complexity index is 315. The second kappa shape index (κ2) is 6.16. The zero-order valence-electron chi connectivity index (χ0n) is 10.5. The number of nitrogens with one attached hydrogen (secondary N) is 1. The SMILES string of the molecule is O=S(=O)(CC1CCNCC1)N1CCCCCC1. The van der Waals surface area contributed by atoms with E-state index in [1.165, 1.54) is 12.8 Å². The van der Waals surface area contributed by atoms with Gasteiger partial charge in [-0.3, -0.25) is 0 Å². The van der Waals surface area contributed by atoms with Crippen LogP contribution in [0.15, 0.2) is 0 Å². The summed E-state index contributed by atoms with van der Waals surface area (Å²) >= 11 is 0. The molecule has 2 rings (SSSR count). The van der Waals surface area contributed by atoms with Crippen LogP contribution in [0, 0.1) is 5.92 Å². The number of hydrogen-bond donors (Lipinski definition) is 1. The lowest BCUT2D eigenvalue weighted by molar-refractivity contribution is 0.379. The van der Waals surface area contributed by atoms with Gasteiger partial charge in [0.05, 0.1) is 5.75 Å². The molecular weight excluding hydrogens is 236 g/mol. The van der Waals surface area contributed by atoms with Gasteiger partial charge in [-0.1, -0.05) is 12.8 Å². The van der Waals surface area contributed by atoms with Gasteiger partial charge in [0, 0.05) is 13.1 Å². The Balaban J connectivity index is 1.91. The Hall–Kier alpha value is -0.130. The highest BCUT2D eigenvalue weighted by molar-refractivity contribution is 7.89. The fourth-order valence-corrected chi connectivity index (χ4v) is 4.73. The summed E-state index contributed by atoms with van der Waals surface area (Å²) in [7, 11) is -3.00. The molecule has 0 atom stereocenters. The molecule has 2 fully saturated rings. The molecule has 2 aliphatic rings. The monoisotopic (exact) mass is 260 g/mol. The highest BCUT2D eigenvalue weighted by Crippen LogP contribution is 2.19. The van der Waals surface area contributed by atoms with Gasteiger partial charge >= 0.3 is 0 Å². The van der Waals surface area contributed by atoms with E-state index >= 15 is 0 Å². The largest absolute Gasteiger partial charge is 0.317 e. The van der Waals surface area contributed by atoms with Crippen molar-refractivity contribution in [3.05, 3.63) is 0 Å². The first-order valence-corrected chi connectivity index (χ1v) is 8.48. The van der Waals surface area contributed by atoms with Crippen LogP contribution < -0.4 is 5.32 Å². The summed E-state index contributed by atoms with van der Waals surface area (Å²) in [5, 5.41) is 3.28. The molecular formula is C12H24N2O2S. The third-order valence-corrected chi connectivity index (χ3v) is 5.91. The van der Waals surface area contributed by atoms with Crippen molar-refractivity contribution >= 4 is 10.0 Å². The smallest absolute Gasteiger partial charge is 0.214 e. The van der Waals surface area contributed by atoms with E-state index in [4.69, 9.17) is 0 Å². The van der Waals surface area contributed by atoms with E-state index in [0.717, 1.165) is 51.9 Å². The molecule has 2 saturated heterocycles. The minimum Gasteiger partial charge on any atom is -0.317 e. The summed E-state index contributed by atoms with van der Waals surface area (Å²) in [5.74, 6) is 0.735. The second-order valence-electron chi connectivity index (χ2n) is 5.29. The molecule has 17 heavy (non-hydrogen) atoms. The van der Waals surface area contributed by atoms with Gasteiger partial charge in [0.1, 0.15) is 0 Å². The topological polar surface area (TPSA) is 49.4 Å². The third-order valence-electron chi connectivity index (χ3n) is 3.86. The third kappa shape index (κ3) is 3.93. The van der Waals surface area contributed by atoms with Crippen molar-refractivity contribution in [2.24, 2.45) is 5.92 Å². The average molecular weight is 260 g/mol. The molecule has 0 amide bonds.